The van der Waals surface area contributed by atoms with E-state index in [1.165, 1.54) is 0 Å². The second-order valence-corrected chi connectivity index (χ2v) is 8.66. The first-order valence-corrected chi connectivity index (χ1v) is 10.2. The van der Waals surface area contributed by atoms with Crippen molar-refractivity contribution in [2.75, 3.05) is 29.4 Å². The van der Waals surface area contributed by atoms with Crippen LogP contribution in [0.2, 0.25) is 5.02 Å². The quantitative estimate of drug-likeness (QED) is 0.776. The van der Waals surface area contributed by atoms with Gasteiger partial charge < -0.3 is 9.80 Å². The van der Waals surface area contributed by atoms with Crippen LogP contribution in [-0.2, 0) is 9.59 Å². The van der Waals surface area contributed by atoms with E-state index in [4.69, 9.17) is 11.6 Å². The molecular formula is C22H25ClN4O2. The molecule has 0 N–H and O–H groups in total. The molecule has 2 aliphatic rings. The summed E-state index contributed by atoms with van der Waals surface area (Å²) in [6.45, 7) is 8.81. The normalized spacial score (nSPS) is 18.6. The number of carbonyl (C=O) groups excluding carboxylic acids is 2. The predicted octanol–water partition coefficient (Wildman–Crippen LogP) is 3.19. The molecule has 1 spiro atoms. The van der Waals surface area contributed by atoms with Gasteiger partial charge in [-0.15, -0.1) is 0 Å². The van der Waals surface area contributed by atoms with Gasteiger partial charge in [-0.05, 0) is 64.1 Å². The lowest BCUT2D eigenvalue weighted by Crippen LogP contribution is -2.82. The van der Waals surface area contributed by atoms with Gasteiger partial charge in [-0.2, -0.15) is 0 Å². The van der Waals surface area contributed by atoms with Gasteiger partial charge in [-0.3, -0.25) is 19.5 Å². The molecule has 1 aromatic heterocycles. The zero-order valence-electron chi connectivity index (χ0n) is 17.1. The number of pyridine rings is 1. The minimum Gasteiger partial charge on any atom is -0.365 e. The van der Waals surface area contributed by atoms with Gasteiger partial charge in [0.25, 0.3) is 5.91 Å². The Bertz CT molecular complexity index is 947. The van der Waals surface area contributed by atoms with Crippen LogP contribution in [0.3, 0.4) is 0 Å². The molecule has 152 valence electrons. The number of anilines is 2. The maximum atomic E-state index is 13.5. The highest BCUT2D eigenvalue weighted by Gasteiger charge is 2.60. The molecule has 29 heavy (non-hydrogen) atoms. The number of halogens is 1. The molecule has 2 aromatic rings. The lowest BCUT2D eigenvalue weighted by molar-refractivity contribution is -0.149. The summed E-state index contributed by atoms with van der Waals surface area (Å²) in [5, 5.41) is 0.598. The molecule has 2 aliphatic heterocycles. The fraction of sp³-hybridized carbons (Fsp3) is 0.409. The number of amides is 2. The van der Waals surface area contributed by atoms with Crippen molar-refractivity contribution in [3.8, 4) is 0 Å². The van der Waals surface area contributed by atoms with Gasteiger partial charge in [-0.1, -0.05) is 11.6 Å². The zero-order valence-corrected chi connectivity index (χ0v) is 17.9. The summed E-state index contributed by atoms with van der Waals surface area (Å²) in [5.41, 5.74) is 2.70. The van der Waals surface area contributed by atoms with Crippen LogP contribution in [0, 0.1) is 13.8 Å². The first-order chi connectivity index (χ1) is 13.7. The predicted molar refractivity (Wildman–Crippen MR) is 114 cm³/mol. The number of piperazine rings is 1. The molecule has 7 heteroatoms. The van der Waals surface area contributed by atoms with Crippen molar-refractivity contribution < 1.29 is 9.59 Å². The van der Waals surface area contributed by atoms with Crippen LogP contribution in [0.4, 0.5) is 11.4 Å². The van der Waals surface area contributed by atoms with Crippen LogP contribution in [-0.4, -0.2) is 52.9 Å². The van der Waals surface area contributed by atoms with Gasteiger partial charge in [0.15, 0.2) is 5.54 Å². The van der Waals surface area contributed by atoms with E-state index >= 15 is 0 Å². The number of benzene rings is 1. The van der Waals surface area contributed by atoms with E-state index in [-0.39, 0.29) is 24.4 Å². The van der Waals surface area contributed by atoms with Crippen molar-refractivity contribution in [1.82, 2.24) is 9.88 Å². The lowest BCUT2D eigenvalue weighted by atomic mass is 9.82. The summed E-state index contributed by atoms with van der Waals surface area (Å²) in [4.78, 5) is 36.7. The maximum Gasteiger partial charge on any atom is 0.253 e. The maximum absolute atomic E-state index is 13.5. The smallest absolute Gasteiger partial charge is 0.253 e. The molecule has 1 aromatic carbocycles. The number of hydrogen-bond acceptors (Lipinski definition) is 4. The third kappa shape index (κ3) is 3.25. The topological polar surface area (TPSA) is 56.8 Å². The Hall–Kier alpha value is -2.60. The zero-order chi connectivity index (χ0) is 20.9. The number of aromatic nitrogens is 1. The van der Waals surface area contributed by atoms with E-state index in [0.29, 0.717) is 23.8 Å². The Morgan fingerprint density at radius 1 is 1.00 bits per heavy atom. The second-order valence-electron chi connectivity index (χ2n) is 8.23. The number of rotatable bonds is 3. The van der Waals surface area contributed by atoms with Crippen LogP contribution in [0.15, 0.2) is 36.4 Å². The van der Waals surface area contributed by atoms with E-state index in [9.17, 15) is 9.59 Å². The Labute approximate surface area is 176 Å². The SMILES string of the molecule is Cc1cc(N2CC3(C2)C(=O)N(C(C)C)CC(=O)N3c2ccc(Cl)cc2)cc(C)n1. The van der Waals surface area contributed by atoms with Gasteiger partial charge in [0, 0.05) is 33.8 Å². The van der Waals surface area contributed by atoms with Gasteiger partial charge in [0.1, 0.15) is 6.54 Å². The largest absolute Gasteiger partial charge is 0.365 e. The van der Waals surface area contributed by atoms with Crippen LogP contribution >= 0.6 is 11.6 Å². The Morgan fingerprint density at radius 2 is 1.59 bits per heavy atom. The van der Waals surface area contributed by atoms with Crippen LogP contribution < -0.4 is 9.80 Å². The molecule has 0 radical (unpaired) electrons. The van der Waals surface area contributed by atoms with Gasteiger partial charge in [-0.25, -0.2) is 0 Å². The molecule has 0 aliphatic carbocycles. The number of carbonyl (C=O) groups is 2. The minimum atomic E-state index is -0.904. The first-order valence-electron chi connectivity index (χ1n) is 9.81. The van der Waals surface area contributed by atoms with Crippen molar-refractivity contribution in [2.24, 2.45) is 0 Å². The average Bonchev–Trinajstić information content (AvgIpc) is 2.61. The third-order valence-electron chi connectivity index (χ3n) is 5.69. The third-order valence-corrected chi connectivity index (χ3v) is 5.94. The second kappa shape index (κ2) is 7.02. The van der Waals surface area contributed by atoms with Gasteiger partial charge in [0.05, 0.1) is 13.1 Å². The monoisotopic (exact) mass is 412 g/mol. The van der Waals surface area contributed by atoms with E-state index in [0.717, 1.165) is 17.1 Å². The van der Waals surface area contributed by atoms with Crippen LogP contribution in [0.25, 0.3) is 0 Å². The van der Waals surface area contributed by atoms with Crippen molar-refractivity contribution in [3.63, 3.8) is 0 Å². The summed E-state index contributed by atoms with van der Waals surface area (Å²) in [6, 6.07) is 11.1. The molecule has 2 amide bonds. The molecule has 0 unspecified atom stereocenters. The molecule has 6 nitrogen and oxygen atoms in total. The molecule has 0 saturated carbocycles. The fourth-order valence-electron chi connectivity index (χ4n) is 4.33. The number of hydrogen-bond donors (Lipinski definition) is 0. The van der Waals surface area contributed by atoms with Crippen molar-refractivity contribution in [1.29, 1.82) is 0 Å². The van der Waals surface area contributed by atoms with E-state index in [1.54, 1.807) is 21.9 Å². The standard InChI is InChI=1S/C22H25ClN4O2/c1-14(2)26-11-20(28)27(18-7-5-17(23)6-8-18)22(21(26)29)12-25(13-22)19-9-15(3)24-16(4)10-19/h5-10,14H,11-13H2,1-4H3. The summed E-state index contributed by atoms with van der Waals surface area (Å²) in [7, 11) is 0. The van der Waals surface area contributed by atoms with E-state index in [2.05, 4.69) is 9.88 Å². The Morgan fingerprint density at radius 3 is 2.14 bits per heavy atom. The molecule has 0 atom stereocenters. The molecule has 3 heterocycles. The van der Waals surface area contributed by atoms with Crippen molar-refractivity contribution in [2.45, 2.75) is 39.3 Å². The molecule has 4 rings (SSSR count). The summed E-state index contributed by atoms with van der Waals surface area (Å²) in [6.07, 6.45) is 0. The minimum absolute atomic E-state index is 0.000741. The summed E-state index contributed by atoms with van der Waals surface area (Å²) >= 11 is 6.04. The molecular weight excluding hydrogens is 388 g/mol. The van der Waals surface area contributed by atoms with Gasteiger partial charge in [0.2, 0.25) is 5.91 Å². The van der Waals surface area contributed by atoms with Crippen LogP contribution in [0.1, 0.15) is 25.2 Å². The highest BCUT2D eigenvalue weighted by molar-refractivity contribution is 6.30. The Balaban J connectivity index is 1.72. The summed E-state index contributed by atoms with van der Waals surface area (Å²) in [5.74, 6) is -0.0665. The fourth-order valence-corrected chi connectivity index (χ4v) is 4.45. The highest BCUT2D eigenvalue weighted by atomic mass is 35.5. The number of nitrogens with zero attached hydrogens (tertiary/aromatic N) is 4. The van der Waals surface area contributed by atoms with Crippen LogP contribution in [0.5, 0.6) is 0 Å². The molecule has 2 fully saturated rings. The summed E-state index contributed by atoms with van der Waals surface area (Å²) < 4.78 is 0. The van der Waals surface area contributed by atoms with Crippen molar-refractivity contribution >= 4 is 34.8 Å². The first kappa shape index (κ1) is 19.7. The van der Waals surface area contributed by atoms with Crippen molar-refractivity contribution in [3.05, 3.63) is 52.8 Å². The Kier molecular flexibility index (Phi) is 4.77. The van der Waals surface area contributed by atoms with E-state index < -0.39 is 5.54 Å². The van der Waals surface area contributed by atoms with E-state index in [1.807, 2.05) is 52.0 Å². The molecule has 0 bridgehead atoms. The van der Waals surface area contributed by atoms with Gasteiger partial charge >= 0.3 is 0 Å². The lowest BCUT2D eigenvalue weighted by Gasteiger charge is -2.59. The average molecular weight is 413 g/mol. The highest BCUT2D eigenvalue weighted by Crippen LogP contribution is 2.40. The molecule has 2 saturated heterocycles. The number of aryl methyl sites for hydroxylation is 2.